The van der Waals surface area contributed by atoms with Crippen molar-refractivity contribution in [3.63, 3.8) is 0 Å². The molecule has 0 aliphatic rings. The van der Waals surface area contributed by atoms with E-state index < -0.39 is 0 Å². The fraction of sp³-hybridized carbons (Fsp3) is 0. The van der Waals surface area contributed by atoms with Crippen LogP contribution in [0, 0.1) is 0 Å². The third-order valence-corrected chi connectivity index (χ3v) is 0. The maximum atomic E-state index is 0. The number of rotatable bonds is 0. The monoisotopic (exact) mass is 164 g/mol. The van der Waals surface area contributed by atoms with Crippen molar-refractivity contribution in [1.29, 1.82) is 0 Å². The fourth-order valence-electron chi connectivity index (χ4n) is 0. The molecule has 0 heterocycles. The summed E-state index contributed by atoms with van der Waals surface area (Å²) in [5.41, 5.74) is 0. The molecule has 4 heavy (non-hydrogen) atoms. The van der Waals surface area contributed by atoms with E-state index in [0.29, 0.717) is 0 Å². The molecule has 0 amide bonds. The first kappa shape index (κ1) is 40.9. The molecule has 0 N–H and O–H groups in total. The number of hydrogen-bond acceptors (Lipinski definition) is 0. The Morgan fingerprint density at radius 3 is 0.500 bits per heavy atom. The van der Waals surface area contributed by atoms with Crippen LogP contribution in [-0.2, 0) is 55.7 Å². The first-order valence-corrected chi connectivity index (χ1v) is 0. The van der Waals surface area contributed by atoms with Crippen LogP contribution in [0.1, 0.15) is 0 Å². The van der Waals surface area contributed by atoms with Gasteiger partial charge in [0.2, 0.25) is 0 Å². The van der Waals surface area contributed by atoms with Crippen LogP contribution in [0.5, 0.6) is 0 Å². The maximum absolute atomic E-state index is 0. The van der Waals surface area contributed by atoms with E-state index >= 15 is 0 Å². The zero-order valence-corrected chi connectivity index (χ0v) is 6.11. The van der Waals surface area contributed by atoms with E-state index in [4.69, 9.17) is 0 Å². The summed E-state index contributed by atoms with van der Waals surface area (Å²) in [7, 11) is 0. The Labute approximate surface area is 63.7 Å². The Morgan fingerprint density at radius 1 is 0.500 bits per heavy atom. The van der Waals surface area contributed by atoms with Gasteiger partial charge in [-0.15, -0.1) is 0 Å². The summed E-state index contributed by atoms with van der Waals surface area (Å²) in [4.78, 5) is 0. The second kappa shape index (κ2) is 21.2. The molecule has 0 aliphatic carbocycles. The molecule has 0 unspecified atom stereocenters. The van der Waals surface area contributed by atoms with E-state index in [1.54, 1.807) is 0 Å². The zero-order chi connectivity index (χ0) is 0. The summed E-state index contributed by atoms with van der Waals surface area (Å²) >= 11 is 0. The predicted octanol–water partition coefficient (Wildman–Crippen LogP) is -0.388. The van der Waals surface area contributed by atoms with Gasteiger partial charge in [-0.3, -0.25) is 0 Å². The second-order valence-electron chi connectivity index (χ2n) is 0. The Balaban J connectivity index is 0. The summed E-state index contributed by atoms with van der Waals surface area (Å²) in [6, 6.07) is 0. The van der Waals surface area contributed by atoms with Crippen molar-refractivity contribution in [2.75, 3.05) is 0 Å². The van der Waals surface area contributed by atoms with Crippen LogP contribution in [0.25, 0.3) is 0 Å². The molecule has 0 rings (SSSR count). The fourth-order valence-corrected chi connectivity index (χ4v) is 0. The SMILES string of the molecule is [B].[V].[V].[V]. The molecule has 0 bridgehead atoms. The molecule has 0 atom stereocenters. The summed E-state index contributed by atoms with van der Waals surface area (Å²) in [6.07, 6.45) is 0. The third-order valence-electron chi connectivity index (χ3n) is 0. The van der Waals surface area contributed by atoms with Gasteiger partial charge in [-0.2, -0.15) is 0 Å². The summed E-state index contributed by atoms with van der Waals surface area (Å²) in [5, 5.41) is 0. The van der Waals surface area contributed by atoms with Crippen molar-refractivity contribution in [2.24, 2.45) is 0 Å². The average Bonchev–Trinajstić information content (AvgIpc) is 0. The molecule has 0 fully saturated rings. The quantitative estimate of drug-likeness (QED) is 0.427. The minimum absolute atomic E-state index is 0. The van der Waals surface area contributed by atoms with E-state index in [9.17, 15) is 0 Å². The van der Waals surface area contributed by atoms with E-state index in [2.05, 4.69) is 0 Å². The van der Waals surface area contributed by atoms with Crippen molar-refractivity contribution < 1.29 is 55.7 Å². The van der Waals surface area contributed by atoms with Gasteiger partial charge in [-0.25, -0.2) is 0 Å². The van der Waals surface area contributed by atoms with Gasteiger partial charge in [0.1, 0.15) is 0 Å². The molecule has 0 aliphatic heterocycles. The summed E-state index contributed by atoms with van der Waals surface area (Å²) in [5.74, 6) is 0. The van der Waals surface area contributed by atoms with Crippen LogP contribution in [0.3, 0.4) is 0 Å². The molecule has 0 aromatic carbocycles. The van der Waals surface area contributed by atoms with Crippen LogP contribution in [0.15, 0.2) is 0 Å². The molecule has 0 aromatic rings. The summed E-state index contributed by atoms with van der Waals surface area (Å²) < 4.78 is 0. The molecule has 18 valence electrons. The topological polar surface area (TPSA) is 0 Å². The molecule has 4 heteroatoms. The molecule has 0 saturated heterocycles. The van der Waals surface area contributed by atoms with Crippen molar-refractivity contribution in [3.05, 3.63) is 0 Å². The van der Waals surface area contributed by atoms with Crippen molar-refractivity contribution >= 4 is 8.41 Å². The summed E-state index contributed by atoms with van der Waals surface area (Å²) in [6.45, 7) is 0. The molecular weight excluding hydrogens is 164 g/mol. The van der Waals surface area contributed by atoms with Crippen LogP contribution in [0.2, 0.25) is 0 Å². The van der Waals surface area contributed by atoms with Crippen LogP contribution in [0.4, 0.5) is 0 Å². The van der Waals surface area contributed by atoms with E-state index in [1.807, 2.05) is 0 Å². The van der Waals surface area contributed by atoms with Gasteiger partial charge >= 0.3 is 0 Å². The van der Waals surface area contributed by atoms with Gasteiger partial charge in [-0.1, -0.05) is 0 Å². The van der Waals surface area contributed by atoms with Gasteiger partial charge in [0, 0.05) is 64.1 Å². The smallest absolute Gasteiger partial charge is 0 e. The Kier molecular flexibility index (Phi) is 217. The van der Waals surface area contributed by atoms with Crippen molar-refractivity contribution in [3.8, 4) is 0 Å². The van der Waals surface area contributed by atoms with E-state index in [-0.39, 0.29) is 64.1 Å². The van der Waals surface area contributed by atoms with Crippen molar-refractivity contribution in [2.45, 2.75) is 0 Å². The maximum Gasteiger partial charge on any atom is 0 e. The van der Waals surface area contributed by atoms with E-state index in [1.165, 1.54) is 0 Å². The van der Waals surface area contributed by atoms with Gasteiger partial charge in [0.05, 0.1) is 0 Å². The predicted molar refractivity (Wildman–Crippen MR) is 5.75 cm³/mol. The van der Waals surface area contributed by atoms with Crippen molar-refractivity contribution in [1.82, 2.24) is 0 Å². The van der Waals surface area contributed by atoms with Crippen LogP contribution < -0.4 is 0 Å². The molecular formula is BV3. The third kappa shape index (κ3) is 9.17. The normalized spacial score (nSPS) is 0. The first-order valence-electron chi connectivity index (χ1n) is 0. The molecule has 0 aromatic heterocycles. The first-order chi connectivity index (χ1) is 0. The van der Waals surface area contributed by atoms with Gasteiger partial charge < -0.3 is 0 Å². The van der Waals surface area contributed by atoms with Gasteiger partial charge in [0.25, 0.3) is 0 Å². The molecule has 6 radical (unpaired) electrons. The Bertz CT molecular complexity index is 3.25. The minimum atomic E-state index is 0. The Hall–Kier alpha value is 1.82. The Morgan fingerprint density at radius 2 is 0.500 bits per heavy atom. The largest absolute Gasteiger partial charge is 0 e. The van der Waals surface area contributed by atoms with E-state index in [0.717, 1.165) is 0 Å². The minimum Gasteiger partial charge on any atom is 0 e. The van der Waals surface area contributed by atoms with Crippen LogP contribution in [-0.4, -0.2) is 8.41 Å². The number of hydrogen-bond donors (Lipinski definition) is 0. The molecule has 0 nitrogen and oxygen atoms in total. The van der Waals surface area contributed by atoms with Crippen LogP contribution >= 0.6 is 0 Å². The standard InChI is InChI=1S/B.3V. The second-order valence-corrected chi connectivity index (χ2v) is 0. The van der Waals surface area contributed by atoms with Gasteiger partial charge in [0.15, 0.2) is 0 Å². The van der Waals surface area contributed by atoms with Gasteiger partial charge in [-0.05, 0) is 0 Å². The molecule has 0 spiro atoms. The average molecular weight is 164 g/mol. The zero-order valence-electron chi connectivity index (χ0n) is 1.92. The molecule has 0 saturated carbocycles.